The highest BCUT2D eigenvalue weighted by atomic mass is 16.8. The largest absolute Gasteiger partial charge is 0.569 e. The third kappa shape index (κ3) is 6.05. The fraction of sp³-hybridized carbons (Fsp3) is 0.889. The lowest BCUT2D eigenvalue weighted by molar-refractivity contribution is -0.710. The van der Waals surface area contributed by atoms with Crippen LogP contribution < -0.4 is 0 Å². The van der Waals surface area contributed by atoms with Crippen LogP contribution >= 0.6 is 0 Å². The van der Waals surface area contributed by atoms with Crippen molar-refractivity contribution >= 4 is 5.97 Å². The van der Waals surface area contributed by atoms with Crippen LogP contribution in [0.25, 0.3) is 0 Å². The van der Waals surface area contributed by atoms with Crippen LogP contribution in [0, 0.1) is 5.21 Å². The fourth-order valence-electron chi connectivity index (χ4n) is 0.959. The molecule has 0 radical (unpaired) electrons. The van der Waals surface area contributed by atoms with Crippen molar-refractivity contribution in [1.29, 1.82) is 0 Å². The monoisotopic (exact) mass is 233 g/mol. The standard InChI is InChI=1S/C9H19N3O4/c1-4-7-9(13)15-8-16-10-12(14)11(5-2)6-3/h4-8H2,1-3H3/b12-10-. The number of esters is 1. The van der Waals surface area contributed by atoms with Gasteiger partial charge in [0.25, 0.3) is 6.79 Å². The number of carbonyl (C=O) groups is 1. The van der Waals surface area contributed by atoms with Gasteiger partial charge in [-0.05, 0) is 20.3 Å². The molecule has 0 saturated heterocycles. The topological polar surface area (TPSA) is 77.2 Å². The van der Waals surface area contributed by atoms with E-state index in [1.165, 1.54) is 5.01 Å². The summed E-state index contributed by atoms with van der Waals surface area (Å²) in [4.78, 5) is 15.8. The lowest BCUT2D eigenvalue weighted by Crippen LogP contribution is -2.30. The van der Waals surface area contributed by atoms with Gasteiger partial charge in [-0.15, -0.1) is 5.01 Å². The maximum absolute atomic E-state index is 11.2. The Bertz CT molecular complexity index is 229. The quantitative estimate of drug-likeness (QED) is 0.158. The third-order valence-electron chi connectivity index (χ3n) is 1.83. The van der Waals surface area contributed by atoms with Crippen molar-refractivity contribution in [2.45, 2.75) is 33.6 Å². The minimum absolute atomic E-state index is 0.334. The van der Waals surface area contributed by atoms with Gasteiger partial charge in [0.1, 0.15) is 0 Å². The van der Waals surface area contributed by atoms with Crippen LogP contribution in [0.5, 0.6) is 0 Å². The number of ether oxygens (including phenoxy) is 1. The highest BCUT2D eigenvalue weighted by Gasteiger charge is 2.07. The Balaban J connectivity index is 3.78. The first kappa shape index (κ1) is 14.5. The summed E-state index contributed by atoms with van der Waals surface area (Å²) in [6.07, 6.45) is 1.05. The van der Waals surface area contributed by atoms with Crippen LogP contribution in [0.3, 0.4) is 0 Å². The predicted octanol–water partition coefficient (Wildman–Crippen LogP) is 1.44. The lowest BCUT2D eigenvalue weighted by Gasteiger charge is -2.13. The van der Waals surface area contributed by atoms with Gasteiger partial charge in [0, 0.05) is 6.42 Å². The van der Waals surface area contributed by atoms with Gasteiger partial charge >= 0.3 is 5.97 Å². The summed E-state index contributed by atoms with van der Waals surface area (Å²) in [5, 5.41) is 15.8. The molecule has 94 valence electrons. The highest BCUT2D eigenvalue weighted by molar-refractivity contribution is 5.69. The molecular formula is C9H19N3O4. The van der Waals surface area contributed by atoms with Gasteiger partial charge < -0.3 is 14.8 Å². The van der Waals surface area contributed by atoms with E-state index in [4.69, 9.17) is 0 Å². The maximum atomic E-state index is 11.2. The van der Waals surface area contributed by atoms with E-state index in [9.17, 15) is 10.0 Å². The van der Waals surface area contributed by atoms with Gasteiger partial charge in [-0.25, -0.2) is 0 Å². The van der Waals surface area contributed by atoms with Crippen LogP contribution in [-0.4, -0.2) is 35.8 Å². The molecule has 7 nitrogen and oxygen atoms in total. The van der Waals surface area contributed by atoms with Crippen LogP contribution in [0.2, 0.25) is 0 Å². The highest BCUT2D eigenvalue weighted by Crippen LogP contribution is 1.93. The predicted molar refractivity (Wildman–Crippen MR) is 55.9 cm³/mol. The average molecular weight is 233 g/mol. The Morgan fingerprint density at radius 3 is 2.50 bits per heavy atom. The number of rotatable bonds is 8. The van der Waals surface area contributed by atoms with E-state index in [2.05, 4.69) is 14.9 Å². The Labute approximate surface area is 95.1 Å². The normalized spacial score (nSPS) is 11.1. The van der Waals surface area contributed by atoms with E-state index in [1.807, 2.05) is 20.8 Å². The summed E-state index contributed by atoms with van der Waals surface area (Å²) in [5.41, 5.74) is 0. The molecule has 0 fully saturated rings. The van der Waals surface area contributed by atoms with Gasteiger partial charge in [-0.1, -0.05) is 6.92 Å². The molecule has 0 aromatic rings. The molecule has 0 saturated carbocycles. The van der Waals surface area contributed by atoms with Gasteiger partial charge in [0.2, 0.25) is 5.28 Å². The molecule has 0 atom stereocenters. The molecule has 0 aromatic heterocycles. The van der Waals surface area contributed by atoms with E-state index in [1.54, 1.807) is 0 Å². The van der Waals surface area contributed by atoms with Gasteiger partial charge in [-0.3, -0.25) is 4.79 Å². The molecule has 0 aliphatic rings. The lowest BCUT2D eigenvalue weighted by atomic mass is 10.3. The Morgan fingerprint density at radius 2 is 2.00 bits per heavy atom. The number of carbonyl (C=O) groups excluding carboxylic acids is 1. The number of hydrogen-bond donors (Lipinski definition) is 0. The number of hydrazine groups is 1. The zero-order valence-corrected chi connectivity index (χ0v) is 10.0. The molecule has 7 heteroatoms. The van der Waals surface area contributed by atoms with Crippen molar-refractivity contribution in [2.24, 2.45) is 5.28 Å². The van der Waals surface area contributed by atoms with Crippen molar-refractivity contribution in [3.05, 3.63) is 5.21 Å². The molecule has 0 bridgehead atoms. The molecule has 0 N–H and O–H groups in total. The number of nitrogens with zero attached hydrogens (tertiary/aromatic N) is 3. The van der Waals surface area contributed by atoms with Crippen LogP contribution in [0.1, 0.15) is 33.6 Å². The third-order valence-corrected chi connectivity index (χ3v) is 1.83. The van der Waals surface area contributed by atoms with E-state index in [-0.39, 0.29) is 12.8 Å². The fourth-order valence-corrected chi connectivity index (χ4v) is 0.959. The average Bonchev–Trinajstić information content (AvgIpc) is 2.26. The minimum atomic E-state index is -0.363. The molecule has 0 aliphatic carbocycles. The molecular weight excluding hydrogens is 214 g/mol. The molecule has 0 aromatic carbocycles. The van der Waals surface area contributed by atoms with Crippen LogP contribution in [0.4, 0.5) is 0 Å². The van der Waals surface area contributed by atoms with E-state index in [0.29, 0.717) is 30.9 Å². The molecule has 0 aliphatic heterocycles. The second-order valence-electron chi connectivity index (χ2n) is 2.99. The summed E-state index contributed by atoms with van der Waals surface area (Å²) in [7, 11) is 0. The molecule has 0 unspecified atom stereocenters. The van der Waals surface area contributed by atoms with Crippen molar-refractivity contribution in [3.8, 4) is 0 Å². The van der Waals surface area contributed by atoms with E-state index < -0.39 is 0 Å². The first-order valence-corrected chi connectivity index (χ1v) is 5.36. The molecule has 16 heavy (non-hydrogen) atoms. The summed E-state index contributed by atoms with van der Waals surface area (Å²) >= 11 is 0. The van der Waals surface area contributed by atoms with Gasteiger partial charge in [-0.2, -0.15) is 0 Å². The first-order valence-electron chi connectivity index (χ1n) is 5.36. The number of hydrogen-bond acceptors (Lipinski definition) is 5. The SMILES string of the molecule is CCCC(=O)OCO/N=[N+](\[O-])N(CC)CC. The Kier molecular flexibility index (Phi) is 7.92. The summed E-state index contributed by atoms with van der Waals surface area (Å²) in [5.74, 6) is -0.363. The van der Waals surface area contributed by atoms with Crippen molar-refractivity contribution in [3.63, 3.8) is 0 Å². The van der Waals surface area contributed by atoms with E-state index >= 15 is 0 Å². The zero-order chi connectivity index (χ0) is 12.4. The van der Waals surface area contributed by atoms with Crippen molar-refractivity contribution < 1.29 is 19.3 Å². The Morgan fingerprint density at radius 1 is 1.38 bits per heavy atom. The summed E-state index contributed by atoms with van der Waals surface area (Å²) < 4.78 is 4.64. The molecule has 0 heterocycles. The minimum Gasteiger partial charge on any atom is -0.569 e. The van der Waals surface area contributed by atoms with E-state index in [0.717, 1.165) is 0 Å². The molecule has 0 amide bonds. The smallest absolute Gasteiger partial charge is 0.308 e. The Hall–Kier alpha value is -1.53. The molecule has 0 spiro atoms. The van der Waals surface area contributed by atoms with Gasteiger partial charge in [0.15, 0.2) is 0 Å². The summed E-state index contributed by atoms with van der Waals surface area (Å²) in [6.45, 7) is 6.24. The second kappa shape index (κ2) is 8.75. The van der Waals surface area contributed by atoms with Crippen molar-refractivity contribution in [2.75, 3.05) is 19.9 Å². The van der Waals surface area contributed by atoms with Crippen LogP contribution in [0.15, 0.2) is 5.28 Å². The van der Waals surface area contributed by atoms with Crippen molar-refractivity contribution in [1.82, 2.24) is 5.01 Å². The zero-order valence-electron chi connectivity index (χ0n) is 10.0. The molecule has 0 rings (SSSR count). The van der Waals surface area contributed by atoms with Crippen LogP contribution in [-0.2, 0) is 14.4 Å². The first-order chi connectivity index (χ1) is 7.65. The van der Waals surface area contributed by atoms with Gasteiger partial charge in [0.05, 0.1) is 18.1 Å². The maximum Gasteiger partial charge on any atom is 0.308 e. The second-order valence-corrected chi connectivity index (χ2v) is 2.99. The summed E-state index contributed by atoms with van der Waals surface area (Å²) in [6, 6.07) is 0.